The number of rotatable bonds is 4. The number of carbonyl (C=O) groups excluding carboxylic acids is 1. The van der Waals surface area contributed by atoms with Gasteiger partial charge in [0.15, 0.2) is 0 Å². The van der Waals surface area contributed by atoms with Crippen LogP contribution in [0.25, 0.3) is 0 Å². The number of hydrogen-bond donors (Lipinski definition) is 0. The summed E-state index contributed by atoms with van der Waals surface area (Å²) in [5.41, 5.74) is 0. The highest BCUT2D eigenvalue weighted by atomic mass is 16.1. The Morgan fingerprint density at radius 1 is 1.10 bits per heavy atom. The van der Waals surface area contributed by atoms with Crippen molar-refractivity contribution < 1.29 is 4.79 Å². The van der Waals surface area contributed by atoms with Gasteiger partial charge >= 0.3 is 0 Å². The minimum atomic E-state index is 0.167. The van der Waals surface area contributed by atoms with E-state index in [9.17, 15) is 4.79 Å². The van der Waals surface area contributed by atoms with E-state index in [1.807, 2.05) is 13.8 Å². The van der Waals surface area contributed by atoms with Crippen molar-refractivity contribution in [1.82, 2.24) is 0 Å². The van der Waals surface area contributed by atoms with Gasteiger partial charge in [-0.3, -0.25) is 0 Å². The van der Waals surface area contributed by atoms with Crippen molar-refractivity contribution in [2.24, 2.45) is 17.8 Å². The van der Waals surface area contributed by atoms with E-state index in [1.165, 1.54) is 52.4 Å². The molecule has 124 valence electrons. The SMILES string of the molecule is CC.CC(C)=O.CCC1CC(C)C1.CCCC(C)CC. The van der Waals surface area contributed by atoms with Crippen LogP contribution in [-0.2, 0) is 4.79 Å². The second kappa shape index (κ2) is 18.7. The molecule has 1 fully saturated rings. The minimum Gasteiger partial charge on any atom is -0.300 e. The Kier molecular flexibility index (Phi) is 23.0. The molecule has 1 nitrogen and oxygen atoms in total. The molecule has 0 aromatic rings. The second-order valence-corrected chi connectivity index (χ2v) is 6.06. The third-order valence-corrected chi connectivity index (χ3v) is 3.53. The third-order valence-electron chi connectivity index (χ3n) is 3.53. The zero-order chi connectivity index (χ0) is 16.6. The van der Waals surface area contributed by atoms with Crippen LogP contribution in [0.3, 0.4) is 0 Å². The molecule has 1 rings (SSSR count). The van der Waals surface area contributed by atoms with Crippen LogP contribution in [0.4, 0.5) is 0 Å². The summed E-state index contributed by atoms with van der Waals surface area (Å²) < 4.78 is 0. The third kappa shape index (κ3) is 22.8. The van der Waals surface area contributed by atoms with Gasteiger partial charge in [-0.1, -0.05) is 74.1 Å². The zero-order valence-electron chi connectivity index (χ0n) is 15.9. The minimum absolute atomic E-state index is 0.167. The van der Waals surface area contributed by atoms with Gasteiger partial charge in [0.2, 0.25) is 0 Å². The Morgan fingerprint density at radius 3 is 1.60 bits per heavy atom. The van der Waals surface area contributed by atoms with Crippen molar-refractivity contribution in [3.8, 4) is 0 Å². The van der Waals surface area contributed by atoms with Gasteiger partial charge in [0, 0.05) is 0 Å². The lowest BCUT2D eigenvalue weighted by atomic mass is 9.75. The van der Waals surface area contributed by atoms with Crippen LogP contribution in [0.1, 0.15) is 101 Å². The monoisotopic (exact) mass is 286 g/mol. The maximum atomic E-state index is 9.44. The first-order chi connectivity index (χ1) is 9.37. The highest BCUT2D eigenvalue weighted by molar-refractivity contribution is 5.72. The predicted octanol–water partition coefficient (Wildman–Crippen LogP) is 6.90. The second-order valence-electron chi connectivity index (χ2n) is 6.06. The smallest absolute Gasteiger partial charge is 0.126 e. The van der Waals surface area contributed by atoms with Crippen LogP contribution >= 0.6 is 0 Å². The summed E-state index contributed by atoms with van der Waals surface area (Å²) in [5.74, 6) is 3.25. The summed E-state index contributed by atoms with van der Waals surface area (Å²) in [6.07, 6.45) is 8.48. The normalized spacial score (nSPS) is 20.6. The summed E-state index contributed by atoms with van der Waals surface area (Å²) in [6.45, 7) is 18.5. The zero-order valence-corrected chi connectivity index (χ0v) is 15.9. The molecule has 0 spiro atoms. The van der Waals surface area contributed by atoms with Crippen LogP contribution in [0.15, 0.2) is 0 Å². The fourth-order valence-corrected chi connectivity index (χ4v) is 2.10. The summed E-state index contributed by atoms with van der Waals surface area (Å²) in [7, 11) is 0. The molecule has 0 radical (unpaired) electrons. The first kappa shape index (κ1) is 24.7. The molecule has 0 aliphatic heterocycles. The van der Waals surface area contributed by atoms with E-state index in [2.05, 4.69) is 34.6 Å². The lowest BCUT2D eigenvalue weighted by molar-refractivity contribution is -0.114. The van der Waals surface area contributed by atoms with E-state index < -0.39 is 0 Å². The largest absolute Gasteiger partial charge is 0.300 e. The number of ketones is 1. The lowest BCUT2D eigenvalue weighted by Crippen LogP contribution is -2.19. The van der Waals surface area contributed by atoms with Gasteiger partial charge in [-0.2, -0.15) is 0 Å². The van der Waals surface area contributed by atoms with Crippen LogP contribution in [-0.4, -0.2) is 5.78 Å². The average Bonchev–Trinajstić information content (AvgIpc) is 2.37. The van der Waals surface area contributed by atoms with Crippen molar-refractivity contribution in [3.05, 3.63) is 0 Å². The Balaban J connectivity index is -0.000000211. The molecule has 0 aromatic carbocycles. The van der Waals surface area contributed by atoms with Gasteiger partial charge in [0.05, 0.1) is 0 Å². The summed E-state index contributed by atoms with van der Waals surface area (Å²) in [5, 5.41) is 0. The first-order valence-electron chi connectivity index (χ1n) is 8.84. The van der Waals surface area contributed by atoms with Crippen LogP contribution in [0.2, 0.25) is 0 Å². The highest BCUT2D eigenvalue weighted by Crippen LogP contribution is 2.34. The molecule has 1 heteroatoms. The molecule has 1 unspecified atom stereocenters. The summed E-state index contributed by atoms with van der Waals surface area (Å²) >= 11 is 0. The Hall–Kier alpha value is -0.330. The van der Waals surface area contributed by atoms with E-state index in [1.54, 1.807) is 0 Å². The lowest BCUT2D eigenvalue weighted by Gasteiger charge is -2.31. The number of hydrogen-bond acceptors (Lipinski definition) is 1. The molecule has 1 aliphatic carbocycles. The number of carbonyl (C=O) groups is 1. The predicted molar refractivity (Wildman–Crippen MR) is 94.2 cm³/mol. The molecule has 1 aliphatic rings. The van der Waals surface area contributed by atoms with E-state index in [4.69, 9.17) is 0 Å². The van der Waals surface area contributed by atoms with Crippen molar-refractivity contribution in [1.29, 1.82) is 0 Å². The van der Waals surface area contributed by atoms with Crippen molar-refractivity contribution in [2.75, 3.05) is 0 Å². The topological polar surface area (TPSA) is 17.1 Å². The van der Waals surface area contributed by atoms with Gasteiger partial charge in [-0.25, -0.2) is 0 Å². The molecule has 0 saturated heterocycles. The first-order valence-corrected chi connectivity index (χ1v) is 8.84. The molecule has 0 N–H and O–H groups in total. The van der Waals surface area contributed by atoms with E-state index in [-0.39, 0.29) is 5.78 Å². The molecular weight excluding hydrogens is 244 g/mol. The molecule has 1 saturated carbocycles. The maximum Gasteiger partial charge on any atom is 0.126 e. The van der Waals surface area contributed by atoms with Gasteiger partial charge in [-0.05, 0) is 44.4 Å². The van der Waals surface area contributed by atoms with Crippen LogP contribution < -0.4 is 0 Å². The fraction of sp³-hybridized carbons (Fsp3) is 0.947. The van der Waals surface area contributed by atoms with Crippen molar-refractivity contribution in [3.63, 3.8) is 0 Å². The Morgan fingerprint density at radius 2 is 1.50 bits per heavy atom. The highest BCUT2D eigenvalue weighted by Gasteiger charge is 2.22. The van der Waals surface area contributed by atoms with Crippen molar-refractivity contribution >= 4 is 5.78 Å². The van der Waals surface area contributed by atoms with Gasteiger partial charge in [0.1, 0.15) is 5.78 Å². The van der Waals surface area contributed by atoms with Crippen molar-refractivity contribution in [2.45, 2.75) is 101 Å². The van der Waals surface area contributed by atoms with E-state index in [0.717, 1.165) is 17.8 Å². The maximum absolute atomic E-state index is 9.44. The van der Waals surface area contributed by atoms with E-state index in [0.29, 0.717) is 0 Å². The Labute approximate surface area is 129 Å². The molecule has 0 heterocycles. The van der Waals surface area contributed by atoms with E-state index >= 15 is 0 Å². The standard InChI is InChI=1S/C7H14.C7H16.C3H6O.C2H6/c1-3-7-4-6(2)5-7;1-4-6-7(3)5-2;1-3(2)4;1-2/h6-7H,3-5H2,1-2H3;7H,4-6H2,1-3H3;1-2H3;1-2H3. The molecule has 20 heavy (non-hydrogen) atoms. The van der Waals surface area contributed by atoms with Crippen LogP contribution in [0.5, 0.6) is 0 Å². The summed E-state index contributed by atoms with van der Waals surface area (Å²) in [6, 6.07) is 0. The molecule has 1 atom stereocenters. The average molecular weight is 287 g/mol. The molecule has 0 aromatic heterocycles. The van der Waals surface area contributed by atoms with Crippen LogP contribution in [0, 0.1) is 17.8 Å². The molecule has 0 bridgehead atoms. The number of Topliss-reactive ketones (excluding diaryl/α,β-unsaturated/α-hetero) is 1. The summed E-state index contributed by atoms with van der Waals surface area (Å²) in [4.78, 5) is 9.44. The van der Waals surface area contributed by atoms with Gasteiger partial charge < -0.3 is 4.79 Å². The molecular formula is C19H42O. The van der Waals surface area contributed by atoms with Gasteiger partial charge in [0.25, 0.3) is 0 Å². The fourth-order valence-electron chi connectivity index (χ4n) is 2.10. The molecule has 0 amide bonds. The Bertz CT molecular complexity index is 171. The van der Waals surface area contributed by atoms with Gasteiger partial charge in [-0.15, -0.1) is 0 Å². The quantitative estimate of drug-likeness (QED) is 0.549.